The smallest absolute Gasteiger partial charge is 0.346 e. The molecule has 0 aromatic heterocycles. The average Bonchev–Trinajstić information content (AvgIpc) is 2.20. The average molecular weight is 274 g/mol. The Kier molecular flexibility index (Phi) is 6.69. The molecule has 0 saturated heterocycles. The number of carbonyl (C=O) groups is 1. The van der Waals surface area contributed by atoms with Crippen molar-refractivity contribution < 1.29 is 22.2 Å². The van der Waals surface area contributed by atoms with Crippen LogP contribution < -0.4 is 10.6 Å². The Morgan fingerprint density at radius 3 is 2.29 bits per heavy atom. The molecular formula is C9H17F3N2O2S. The highest BCUT2D eigenvalue weighted by molar-refractivity contribution is 7.84. The minimum absolute atomic E-state index is 0.159. The van der Waals surface area contributed by atoms with Gasteiger partial charge in [0.05, 0.1) is 6.04 Å². The van der Waals surface area contributed by atoms with E-state index in [0.29, 0.717) is 6.54 Å². The summed E-state index contributed by atoms with van der Waals surface area (Å²) in [5, 5.41) is 4.34. The number of amides is 1. The molecule has 0 saturated carbocycles. The van der Waals surface area contributed by atoms with Crippen molar-refractivity contribution in [2.75, 3.05) is 19.3 Å². The first-order valence-electron chi connectivity index (χ1n) is 5.03. The van der Waals surface area contributed by atoms with Gasteiger partial charge in [-0.3, -0.25) is 9.00 Å². The molecule has 0 aliphatic carbocycles. The molecule has 1 amide bonds. The van der Waals surface area contributed by atoms with Gasteiger partial charge in [-0.05, 0) is 13.8 Å². The normalized spacial score (nSPS) is 17.3. The maximum Gasteiger partial charge on any atom is 0.405 e. The fraction of sp³-hybridized carbons (Fsp3) is 0.889. The van der Waals surface area contributed by atoms with Crippen molar-refractivity contribution in [3.63, 3.8) is 0 Å². The lowest BCUT2D eigenvalue weighted by Crippen LogP contribution is -2.47. The van der Waals surface area contributed by atoms with Gasteiger partial charge in [0.25, 0.3) is 0 Å². The summed E-state index contributed by atoms with van der Waals surface area (Å²) >= 11 is 0. The largest absolute Gasteiger partial charge is 0.405 e. The summed E-state index contributed by atoms with van der Waals surface area (Å²) in [6.07, 6.45) is -2.88. The third kappa shape index (κ3) is 8.14. The molecule has 2 N–H and O–H groups in total. The highest BCUT2D eigenvalue weighted by atomic mass is 32.2. The first-order chi connectivity index (χ1) is 7.63. The van der Waals surface area contributed by atoms with Crippen LogP contribution in [0.4, 0.5) is 13.2 Å². The van der Waals surface area contributed by atoms with Gasteiger partial charge in [0.15, 0.2) is 0 Å². The van der Waals surface area contributed by atoms with Gasteiger partial charge >= 0.3 is 6.18 Å². The molecule has 0 fully saturated rings. The summed E-state index contributed by atoms with van der Waals surface area (Å²) in [5.41, 5.74) is 0. The molecule has 0 bridgehead atoms. The van der Waals surface area contributed by atoms with Gasteiger partial charge in [-0.15, -0.1) is 0 Å². The second-order valence-electron chi connectivity index (χ2n) is 3.77. The highest BCUT2D eigenvalue weighted by Crippen LogP contribution is 2.12. The van der Waals surface area contributed by atoms with Crippen LogP contribution in [0.2, 0.25) is 0 Å². The summed E-state index contributed by atoms with van der Waals surface area (Å²) in [6, 6.07) is -0.747. The van der Waals surface area contributed by atoms with E-state index < -0.39 is 35.5 Å². The maximum absolute atomic E-state index is 11.8. The van der Waals surface area contributed by atoms with Gasteiger partial charge in [0, 0.05) is 28.9 Å². The molecule has 0 aliphatic heterocycles. The van der Waals surface area contributed by atoms with Crippen LogP contribution in [-0.4, -0.2) is 46.9 Å². The molecule has 0 spiro atoms. The molecule has 3 atom stereocenters. The molecule has 0 radical (unpaired) electrons. The molecule has 4 nitrogen and oxygen atoms in total. The SMILES string of the molecule is CC(NCC(C)S(C)=O)C(=O)NCC(F)(F)F. The Morgan fingerprint density at radius 2 is 1.88 bits per heavy atom. The Bertz CT molecular complexity index is 284. The number of alkyl halides is 3. The summed E-state index contributed by atoms with van der Waals surface area (Å²) in [5.74, 6) is -0.726. The topological polar surface area (TPSA) is 58.2 Å². The van der Waals surface area contributed by atoms with Crippen LogP contribution in [0.25, 0.3) is 0 Å². The molecule has 0 aliphatic rings. The van der Waals surface area contributed by atoms with Crippen LogP contribution in [0, 0.1) is 0 Å². The Labute approximate surface area is 101 Å². The lowest BCUT2D eigenvalue weighted by Gasteiger charge is -2.17. The lowest BCUT2D eigenvalue weighted by atomic mass is 10.3. The number of hydrogen-bond donors (Lipinski definition) is 2. The molecule has 8 heteroatoms. The third-order valence-corrected chi connectivity index (χ3v) is 3.43. The van der Waals surface area contributed by atoms with Crippen LogP contribution >= 0.6 is 0 Å². The summed E-state index contributed by atoms with van der Waals surface area (Å²) in [7, 11) is -1.03. The highest BCUT2D eigenvalue weighted by Gasteiger charge is 2.28. The number of carbonyl (C=O) groups excluding carboxylic acids is 1. The minimum Gasteiger partial charge on any atom is -0.346 e. The van der Waals surface area contributed by atoms with Crippen molar-refractivity contribution in [3.05, 3.63) is 0 Å². The van der Waals surface area contributed by atoms with Crippen LogP contribution in [0.3, 0.4) is 0 Å². The summed E-state index contributed by atoms with van der Waals surface area (Å²) in [6.45, 7) is 2.15. The minimum atomic E-state index is -4.41. The molecule has 0 aromatic carbocycles. The fourth-order valence-electron chi connectivity index (χ4n) is 0.893. The number of halogens is 3. The van der Waals surface area contributed by atoms with E-state index in [9.17, 15) is 22.2 Å². The van der Waals surface area contributed by atoms with Crippen LogP contribution in [0.5, 0.6) is 0 Å². The van der Waals surface area contributed by atoms with E-state index in [4.69, 9.17) is 0 Å². The number of rotatable bonds is 6. The van der Waals surface area contributed by atoms with E-state index in [0.717, 1.165) is 0 Å². The number of hydrogen-bond acceptors (Lipinski definition) is 3. The first kappa shape index (κ1) is 16.4. The first-order valence-corrected chi connectivity index (χ1v) is 6.65. The Balaban J connectivity index is 3.94. The zero-order valence-electron chi connectivity index (χ0n) is 9.93. The van der Waals surface area contributed by atoms with Crippen LogP contribution in [0.15, 0.2) is 0 Å². The Hall–Kier alpha value is -0.630. The molecule has 3 unspecified atom stereocenters. The lowest BCUT2D eigenvalue weighted by molar-refractivity contribution is -0.139. The molecule has 0 aromatic rings. The second kappa shape index (κ2) is 6.95. The summed E-state index contributed by atoms with van der Waals surface area (Å²) in [4.78, 5) is 11.2. The molecule has 0 heterocycles. The van der Waals surface area contributed by atoms with Gasteiger partial charge in [-0.2, -0.15) is 13.2 Å². The van der Waals surface area contributed by atoms with Crippen molar-refractivity contribution in [1.29, 1.82) is 0 Å². The van der Waals surface area contributed by atoms with Crippen molar-refractivity contribution in [3.8, 4) is 0 Å². The quantitative estimate of drug-likeness (QED) is 0.737. The molecular weight excluding hydrogens is 257 g/mol. The zero-order valence-corrected chi connectivity index (χ0v) is 10.7. The fourth-order valence-corrected chi connectivity index (χ4v) is 1.22. The van der Waals surface area contributed by atoms with Crippen molar-refractivity contribution in [1.82, 2.24) is 10.6 Å². The van der Waals surface area contributed by atoms with E-state index in [1.54, 1.807) is 12.2 Å². The molecule has 102 valence electrons. The molecule has 17 heavy (non-hydrogen) atoms. The zero-order chi connectivity index (χ0) is 13.6. The van der Waals surface area contributed by atoms with Crippen molar-refractivity contribution >= 4 is 16.7 Å². The van der Waals surface area contributed by atoms with E-state index in [2.05, 4.69) is 5.32 Å². The van der Waals surface area contributed by atoms with Gasteiger partial charge in [-0.25, -0.2) is 0 Å². The van der Waals surface area contributed by atoms with Gasteiger partial charge in [-0.1, -0.05) is 0 Å². The number of nitrogens with one attached hydrogen (secondary N) is 2. The van der Waals surface area contributed by atoms with Gasteiger partial charge in [0.2, 0.25) is 5.91 Å². The predicted octanol–water partition coefficient (Wildman–Crippen LogP) is 0.410. The van der Waals surface area contributed by atoms with E-state index >= 15 is 0 Å². The maximum atomic E-state index is 11.8. The van der Waals surface area contributed by atoms with Gasteiger partial charge < -0.3 is 10.6 Å². The van der Waals surface area contributed by atoms with Crippen molar-refractivity contribution in [2.45, 2.75) is 31.3 Å². The predicted molar refractivity (Wildman–Crippen MR) is 60.1 cm³/mol. The van der Waals surface area contributed by atoms with E-state index in [1.807, 2.05) is 0 Å². The van der Waals surface area contributed by atoms with Crippen LogP contribution in [-0.2, 0) is 15.6 Å². The summed E-state index contributed by atoms with van der Waals surface area (Å²) < 4.78 is 46.5. The van der Waals surface area contributed by atoms with Crippen LogP contribution in [0.1, 0.15) is 13.8 Å². The standard InChI is InChI=1S/C9H17F3N2O2S/c1-6(17(3)16)4-13-7(2)8(15)14-5-9(10,11)12/h6-7,13H,4-5H2,1-3H3,(H,14,15). The van der Waals surface area contributed by atoms with Crippen molar-refractivity contribution in [2.24, 2.45) is 0 Å². The molecule has 0 rings (SSSR count). The van der Waals surface area contributed by atoms with E-state index in [1.165, 1.54) is 13.2 Å². The monoisotopic (exact) mass is 274 g/mol. The second-order valence-corrected chi connectivity index (χ2v) is 5.57. The van der Waals surface area contributed by atoms with Gasteiger partial charge in [0.1, 0.15) is 6.54 Å². The Morgan fingerprint density at radius 1 is 1.35 bits per heavy atom. The van der Waals surface area contributed by atoms with E-state index in [-0.39, 0.29) is 5.25 Å². The third-order valence-electron chi connectivity index (χ3n) is 2.13.